The second kappa shape index (κ2) is 4.99. The van der Waals surface area contributed by atoms with Gasteiger partial charge in [-0.3, -0.25) is 4.79 Å². The van der Waals surface area contributed by atoms with E-state index >= 15 is 0 Å². The molecule has 1 aromatic rings. The van der Waals surface area contributed by atoms with Crippen LogP contribution in [0.1, 0.15) is 10.4 Å². The summed E-state index contributed by atoms with van der Waals surface area (Å²) in [5.74, 6) is -0.453. The molecule has 0 bridgehead atoms. The normalized spacial score (nSPS) is 9.20. The van der Waals surface area contributed by atoms with E-state index < -0.39 is 12.0 Å². The number of amides is 2. The summed E-state index contributed by atoms with van der Waals surface area (Å²) < 4.78 is 0. The van der Waals surface area contributed by atoms with Crippen LogP contribution in [-0.2, 0) is 4.84 Å². The first-order valence-electron chi connectivity index (χ1n) is 4.35. The maximum absolute atomic E-state index is 11.4. The minimum absolute atomic E-state index is 0.434. The first kappa shape index (κ1) is 11.0. The lowest BCUT2D eigenvalue weighted by Gasteiger charge is -2.10. The molecule has 0 atom stereocenters. The van der Waals surface area contributed by atoms with Gasteiger partial charge in [-0.05, 0) is 12.1 Å². The number of carbonyl (C=O) groups excluding carboxylic acids is 2. The fraction of sp³-hybridized carbons (Fsp3) is 0.200. The van der Waals surface area contributed by atoms with Crippen molar-refractivity contribution < 1.29 is 14.4 Å². The summed E-state index contributed by atoms with van der Waals surface area (Å²) >= 11 is 0. The Kier molecular flexibility index (Phi) is 3.68. The molecular formula is C10H12N2O3. The molecule has 0 unspecified atom stereocenters. The van der Waals surface area contributed by atoms with Crippen molar-refractivity contribution in [3.05, 3.63) is 35.9 Å². The minimum atomic E-state index is -0.626. The summed E-state index contributed by atoms with van der Waals surface area (Å²) in [4.78, 5) is 28.1. The van der Waals surface area contributed by atoms with Crippen LogP contribution in [0.25, 0.3) is 0 Å². The van der Waals surface area contributed by atoms with E-state index in [0.717, 1.165) is 0 Å². The zero-order valence-corrected chi connectivity index (χ0v) is 8.56. The molecule has 0 spiro atoms. The van der Waals surface area contributed by atoms with Crippen LogP contribution in [-0.4, -0.2) is 31.0 Å². The summed E-state index contributed by atoms with van der Waals surface area (Å²) in [7, 11) is 3.05. The quantitative estimate of drug-likeness (QED) is 0.701. The number of hydrogen-bond donors (Lipinski definition) is 1. The molecule has 5 nitrogen and oxygen atoms in total. The minimum Gasteiger partial charge on any atom is -0.321 e. The standard InChI is InChI=1S/C10H12N2O3/c1-12(2)10(14)15-11-9(13)8-6-4-3-5-7-8/h3-7H,1-2H3,(H,11,13). The van der Waals surface area contributed by atoms with Crippen molar-refractivity contribution in [3.8, 4) is 0 Å². The van der Waals surface area contributed by atoms with Gasteiger partial charge in [0, 0.05) is 19.7 Å². The van der Waals surface area contributed by atoms with E-state index in [1.54, 1.807) is 30.3 Å². The van der Waals surface area contributed by atoms with E-state index in [-0.39, 0.29) is 0 Å². The lowest BCUT2D eigenvalue weighted by molar-refractivity contribution is 0.0479. The topological polar surface area (TPSA) is 58.6 Å². The highest BCUT2D eigenvalue weighted by molar-refractivity contribution is 5.93. The molecule has 1 aromatic carbocycles. The first-order valence-corrected chi connectivity index (χ1v) is 4.35. The monoisotopic (exact) mass is 208 g/mol. The van der Waals surface area contributed by atoms with Crippen molar-refractivity contribution in [2.45, 2.75) is 0 Å². The van der Waals surface area contributed by atoms with E-state index in [9.17, 15) is 9.59 Å². The molecule has 80 valence electrons. The predicted octanol–water partition coefficient (Wildman–Crippen LogP) is 1.03. The molecule has 0 aliphatic rings. The van der Waals surface area contributed by atoms with E-state index in [1.165, 1.54) is 19.0 Å². The lowest BCUT2D eigenvalue weighted by Crippen LogP contribution is -2.32. The smallest absolute Gasteiger partial charge is 0.321 e. The van der Waals surface area contributed by atoms with Gasteiger partial charge >= 0.3 is 6.09 Å². The lowest BCUT2D eigenvalue weighted by atomic mass is 10.2. The second-order valence-corrected chi connectivity index (χ2v) is 3.06. The fourth-order valence-electron chi connectivity index (χ4n) is 0.830. The van der Waals surface area contributed by atoms with E-state index in [1.807, 2.05) is 5.48 Å². The van der Waals surface area contributed by atoms with Crippen LogP contribution in [0.3, 0.4) is 0 Å². The van der Waals surface area contributed by atoms with Crippen LogP contribution in [0.15, 0.2) is 30.3 Å². The van der Waals surface area contributed by atoms with Crippen LogP contribution in [0.2, 0.25) is 0 Å². The van der Waals surface area contributed by atoms with E-state index in [0.29, 0.717) is 5.56 Å². The second-order valence-electron chi connectivity index (χ2n) is 3.06. The molecule has 0 heterocycles. The number of hydroxylamine groups is 1. The largest absolute Gasteiger partial charge is 0.433 e. The van der Waals surface area contributed by atoms with Gasteiger partial charge in [0.05, 0.1) is 0 Å². The molecule has 0 aromatic heterocycles. The van der Waals surface area contributed by atoms with Crippen LogP contribution in [0, 0.1) is 0 Å². The number of nitrogens with one attached hydrogen (secondary N) is 1. The highest BCUT2D eigenvalue weighted by atomic mass is 16.7. The third-order valence-corrected chi connectivity index (χ3v) is 1.63. The molecule has 0 aliphatic heterocycles. The van der Waals surface area contributed by atoms with Crippen LogP contribution in [0.5, 0.6) is 0 Å². The molecule has 0 radical (unpaired) electrons. The number of rotatable bonds is 1. The van der Waals surface area contributed by atoms with Crippen LogP contribution >= 0.6 is 0 Å². The average Bonchev–Trinajstić information content (AvgIpc) is 2.26. The first-order chi connectivity index (χ1) is 7.11. The SMILES string of the molecule is CN(C)C(=O)ONC(=O)c1ccccc1. The molecule has 0 fully saturated rings. The summed E-state index contributed by atoms with van der Waals surface area (Å²) in [6, 6.07) is 8.49. The molecule has 0 aliphatic carbocycles. The highest BCUT2D eigenvalue weighted by Gasteiger charge is 2.09. The van der Waals surface area contributed by atoms with Gasteiger partial charge in [-0.15, -0.1) is 0 Å². The summed E-state index contributed by atoms with van der Waals surface area (Å²) in [5.41, 5.74) is 2.48. The zero-order chi connectivity index (χ0) is 11.3. The van der Waals surface area contributed by atoms with Crippen molar-refractivity contribution in [2.75, 3.05) is 14.1 Å². The van der Waals surface area contributed by atoms with Crippen LogP contribution in [0.4, 0.5) is 4.79 Å². The van der Waals surface area contributed by atoms with Crippen molar-refractivity contribution in [2.24, 2.45) is 0 Å². The van der Waals surface area contributed by atoms with Gasteiger partial charge in [-0.25, -0.2) is 4.79 Å². The number of benzene rings is 1. The Morgan fingerprint density at radius 2 is 1.80 bits per heavy atom. The molecule has 1 rings (SSSR count). The third-order valence-electron chi connectivity index (χ3n) is 1.63. The Hall–Kier alpha value is -2.04. The average molecular weight is 208 g/mol. The number of hydrogen-bond acceptors (Lipinski definition) is 3. The molecule has 0 saturated heterocycles. The Bertz CT molecular complexity index is 349. The molecule has 15 heavy (non-hydrogen) atoms. The molecule has 1 N–H and O–H groups in total. The van der Waals surface area contributed by atoms with Crippen molar-refractivity contribution in [1.82, 2.24) is 10.4 Å². The van der Waals surface area contributed by atoms with Crippen LogP contribution < -0.4 is 5.48 Å². The molecule has 0 saturated carbocycles. The molecule has 2 amide bonds. The zero-order valence-electron chi connectivity index (χ0n) is 8.56. The van der Waals surface area contributed by atoms with Gasteiger partial charge in [0.25, 0.3) is 5.91 Å². The van der Waals surface area contributed by atoms with Gasteiger partial charge in [0.1, 0.15) is 0 Å². The van der Waals surface area contributed by atoms with E-state index in [2.05, 4.69) is 4.84 Å². The van der Waals surface area contributed by atoms with Gasteiger partial charge in [0.15, 0.2) is 0 Å². The van der Waals surface area contributed by atoms with Crippen molar-refractivity contribution >= 4 is 12.0 Å². The Labute approximate surface area is 87.6 Å². The summed E-state index contributed by atoms with van der Waals surface area (Å²) in [6.07, 6.45) is -0.626. The van der Waals surface area contributed by atoms with Gasteiger partial charge in [-0.1, -0.05) is 18.2 Å². The number of carbonyl (C=O) groups is 2. The molecular weight excluding hydrogens is 196 g/mol. The highest BCUT2D eigenvalue weighted by Crippen LogP contribution is 1.97. The van der Waals surface area contributed by atoms with E-state index in [4.69, 9.17) is 0 Å². The molecule has 5 heteroatoms. The summed E-state index contributed by atoms with van der Waals surface area (Å²) in [5, 5.41) is 0. The van der Waals surface area contributed by atoms with Gasteiger partial charge < -0.3 is 9.74 Å². The maximum atomic E-state index is 11.4. The van der Waals surface area contributed by atoms with Gasteiger partial charge in [-0.2, -0.15) is 5.48 Å². The third kappa shape index (κ3) is 3.30. The maximum Gasteiger partial charge on any atom is 0.433 e. The Morgan fingerprint density at radius 1 is 1.20 bits per heavy atom. The van der Waals surface area contributed by atoms with Crippen molar-refractivity contribution in [3.63, 3.8) is 0 Å². The predicted molar refractivity (Wildman–Crippen MR) is 54.1 cm³/mol. The summed E-state index contributed by atoms with van der Waals surface area (Å²) in [6.45, 7) is 0. The van der Waals surface area contributed by atoms with Gasteiger partial charge in [0.2, 0.25) is 0 Å². The number of nitrogens with zero attached hydrogens (tertiary/aromatic N) is 1. The Balaban J connectivity index is 2.48. The fourth-order valence-corrected chi connectivity index (χ4v) is 0.830. The Morgan fingerprint density at radius 3 is 2.33 bits per heavy atom. The van der Waals surface area contributed by atoms with Crippen molar-refractivity contribution in [1.29, 1.82) is 0 Å².